The minimum absolute atomic E-state index is 0.0601. The van der Waals surface area contributed by atoms with Gasteiger partial charge in [0.2, 0.25) is 0 Å². The number of carbonyl (C=O) groups excluding carboxylic acids is 1. The maximum atomic E-state index is 13.1. The molecule has 0 saturated carbocycles. The van der Waals surface area contributed by atoms with Crippen molar-refractivity contribution in [3.63, 3.8) is 0 Å². The number of nitrogens with zero attached hydrogens (tertiary/aromatic N) is 2. The van der Waals surface area contributed by atoms with Gasteiger partial charge in [-0.3, -0.25) is 9.78 Å². The molecular weight excluding hydrogens is 197 g/mol. The van der Waals surface area contributed by atoms with E-state index < -0.39 is 11.7 Å². The van der Waals surface area contributed by atoms with Crippen LogP contribution in [0.2, 0.25) is 0 Å². The van der Waals surface area contributed by atoms with Crippen LogP contribution >= 0.6 is 0 Å². The van der Waals surface area contributed by atoms with Crippen LogP contribution in [0, 0.1) is 23.1 Å². The second-order valence-electron chi connectivity index (χ2n) is 3.10. The van der Waals surface area contributed by atoms with Gasteiger partial charge in [0, 0.05) is 12.7 Å². The van der Waals surface area contributed by atoms with Crippen molar-refractivity contribution in [2.24, 2.45) is 5.92 Å². The van der Waals surface area contributed by atoms with E-state index in [1.807, 2.05) is 6.07 Å². The van der Waals surface area contributed by atoms with E-state index >= 15 is 0 Å². The van der Waals surface area contributed by atoms with Crippen molar-refractivity contribution in [2.75, 3.05) is 6.54 Å². The first kappa shape index (κ1) is 11.1. The van der Waals surface area contributed by atoms with Crippen molar-refractivity contribution in [3.8, 4) is 6.07 Å². The summed E-state index contributed by atoms with van der Waals surface area (Å²) in [5, 5.41) is 10.9. The fourth-order valence-corrected chi connectivity index (χ4v) is 0.946. The van der Waals surface area contributed by atoms with Crippen LogP contribution in [-0.2, 0) is 0 Å². The molecule has 1 amide bonds. The fraction of sp³-hybridized carbons (Fsp3) is 0.300. The first-order valence-corrected chi connectivity index (χ1v) is 4.42. The van der Waals surface area contributed by atoms with E-state index in [9.17, 15) is 9.18 Å². The van der Waals surface area contributed by atoms with Gasteiger partial charge in [-0.25, -0.2) is 4.39 Å². The molecule has 1 aromatic heterocycles. The minimum Gasteiger partial charge on any atom is -0.351 e. The van der Waals surface area contributed by atoms with Crippen LogP contribution in [0.4, 0.5) is 4.39 Å². The molecule has 0 aliphatic carbocycles. The maximum absolute atomic E-state index is 13.1. The summed E-state index contributed by atoms with van der Waals surface area (Å²) in [7, 11) is 0. The number of rotatable bonds is 3. The highest BCUT2D eigenvalue weighted by atomic mass is 19.1. The molecule has 0 radical (unpaired) electrons. The third-order valence-corrected chi connectivity index (χ3v) is 1.81. The molecule has 1 unspecified atom stereocenters. The third kappa shape index (κ3) is 3.02. The molecule has 0 bridgehead atoms. The van der Waals surface area contributed by atoms with Gasteiger partial charge in [-0.2, -0.15) is 5.26 Å². The van der Waals surface area contributed by atoms with Gasteiger partial charge in [-0.05, 0) is 13.0 Å². The lowest BCUT2D eigenvalue weighted by molar-refractivity contribution is 0.0946. The lowest BCUT2D eigenvalue weighted by atomic mass is 10.2. The van der Waals surface area contributed by atoms with E-state index in [2.05, 4.69) is 10.3 Å². The van der Waals surface area contributed by atoms with Gasteiger partial charge in [0.1, 0.15) is 0 Å². The van der Waals surface area contributed by atoms with Crippen molar-refractivity contribution in [1.29, 1.82) is 5.26 Å². The highest BCUT2D eigenvalue weighted by molar-refractivity contribution is 5.94. The molecule has 0 aromatic carbocycles. The van der Waals surface area contributed by atoms with Crippen LogP contribution in [0.1, 0.15) is 17.3 Å². The van der Waals surface area contributed by atoms with E-state index in [1.54, 1.807) is 6.92 Å². The largest absolute Gasteiger partial charge is 0.351 e. The standard InChI is InChI=1S/C10H10FN3O/c1-7(4-12)5-14-10(15)8-2-3-13-6-9(8)11/h2-3,6-7H,5H2,1H3,(H,14,15). The van der Waals surface area contributed by atoms with Crippen molar-refractivity contribution < 1.29 is 9.18 Å². The van der Waals surface area contributed by atoms with E-state index in [-0.39, 0.29) is 18.0 Å². The van der Waals surface area contributed by atoms with Gasteiger partial charge in [-0.1, -0.05) is 0 Å². The number of halogens is 1. The van der Waals surface area contributed by atoms with Crippen molar-refractivity contribution >= 4 is 5.91 Å². The van der Waals surface area contributed by atoms with Gasteiger partial charge in [-0.15, -0.1) is 0 Å². The number of amides is 1. The Labute approximate surface area is 86.7 Å². The number of carbonyl (C=O) groups is 1. The first-order chi connectivity index (χ1) is 7.15. The number of hydrogen-bond donors (Lipinski definition) is 1. The second kappa shape index (κ2) is 5.05. The Bertz CT molecular complexity index is 400. The van der Waals surface area contributed by atoms with Crippen molar-refractivity contribution in [3.05, 3.63) is 29.8 Å². The van der Waals surface area contributed by atoms with Crippen LogP contribution in [0.25, 0.3) is 0 Å². The molecule has 4 nitrogen and oxygen atoms in total. The number of hydrogen-bond acceptors (Lipinski definition) is 3. The normalized spacial score (nSPS) is 11.5. The molecule has 0 saturated heterocycles. The lowest BCUT2D eigenvalue weighted by Gasteiger charge is -2.06. The maximum Gasteiger partial charge on any atom is 0.254 e. The lowest BCUT2D eigenvalue weighted by Crippen LogP contribution is -2.28. The molecule has 5 heteroatoms. The molecule has 1 rings (SSSR count). The zero-order chi connectivity index (χ0) is 11.3. The van der Waals surface area contributed by atoms with E-state index in [0.717, 1.165) is 6.20 Å². The van der Waals surface area contributed by atoms with Crippen LogP contribution in [0.3, 0.4) is 0 Å². The van der Waals surface area contributed by atoms with Crippen LogP contribution < -0.4 is 5.32 Å². The number of pyridine rings is 1. The first-order valence-electron chi connectivity index (χ1n) is 4.42. The van der Waals surface area contributed by atoms with Crippen molar-refractivity contribution in [1.82, 2.24) is 10.3 Å². The topological polar surface area (TPSA) is 65.8 Å². The van der Waals surface area contributed by atoms with E-state index in [4.69, 9.17) is 5.26 Å². The fourth-order valence-electron chi connectivity index (χ4n) is 0.946. The van der Waals surface area contributed by atoms with Crippen molar-refractivity contribution in [2.45, 2.75) is 6.92 Å². The molecule has 0 spiro atoms. The highest BCUT2D eigenvalue weighted by Crippen LogP contribution is 2.03. The Morgan fingerprint density at radius 1 is 1.80 bits per heavy atom. The van der Waals surface area contributed by atoms with Gasteiger partial charge in [0.15, 0.2) is 5.82 Å². The number of aromatic nitrogens is 1. The van der Waals surface area contributed by atoms with Gasteiger partial charge in [0.05, 0.1) is 23.7 Å². The molecule has 1 atom stereocenters. The SMILES string of the molecule is CC(C#N)CNC(=O)c1ccncc1F. The molecule has 15 heavy (non-hydrogen) atoms. The predicted octanol–water partition coefficient (Wildman–Crippen LogP) is 1.11. The summed E-state index contributed by atoms with van der Waals surface area (Å²) >= 11 is 0. The van der Waals surface area contributed by atoms with Crippen LogP contribution in [0.5, 0.6) is 0 Å². The molecule has 78 valence electrons. The quantitative estimate of drug-likeness (QED) is 0.807. The average molecular weight is 207 g/mol. The van der Waals surface area contributed by atoms with E-state index in [0.29, 0.717) is 0 Å². The molecule has 0 aliphatic rings. The summed E-state index contributed by atoms with van der Waals surface area (Å²) in [5.74, 6) is -1.49. The second-order valence-corrected chi connectivity index (χ2v) is 3.10. The summed E-state index contributed by atoms with van der Waals surface area (Å²) in [5.41, 5.74) is -0.0601. The minimum atomic E-state index is -0.667. The summed E-state index contributed by atoms with van der Waals surface area (Å²) in [4.78, 5) is 14.9. The smallest absolute Gasteiger partial charge is 0.254 e. The highest BCUT2D eigenvalue weighted by Gasteiger charge is 2.11. The Morgan fingerprint density at radius 2 is 2.53 bits per heavy atom. The molecule has 1 heterocycles. The van der Waals surface area contributed by atoms with E-state index in [1.165, 1.54) is 12.3 Å². The Morgan fingerprint density at radius 3 is 3.13 bits per heavy atom. The summed E-state index contributed by atoms with van der Waals surface area (Å²) < 4.78 is 13.1. The molecule has 1 aromatic rings. The van der Waals surface area contributed by atoms with Gasteiger partial charge >= 0.3 is 0 Å². The van der Waals surface area contributed by atoms with Gasteiger partial charge in [0.25, 0.3) is 5.91 Å². The zero-order valence-corrected chi connectivity index (χ0v) is 8.20. The average Bonchev–Trinajstić information content (AvgIpc) is 2.26. The predicted molar refractivity (Wildman–Crippen MR) is 51.3 cm³/mol. The molecule has 0 aliphatic heterocycles. The molecular formula is C10H10FN3O. The number of nitriles is 1. The summed E-state index contributed by atoms with van der Waals surface area (Å²) in [6.45, 7) is 1.88. The monoisotopic (exact) mass is 207 g/mol. The zero-order valence-electron chi connectivity index (χ0n) is 8.20. The van der Waals surface area contributed by atoms with Crippen LogP contribution in [-0.4, -0.2) is 17.4 Å². The third-order valence-electron chi connectivity index (χ3n) is 1.81. The Kier molecular flexibility index (Phi) is 3.75. The molecule has 1 N–H and O–H groups in total. The summed E-state index contributed by atoms with van der Waals surface area (Å²) in [6, 6.07) is 3.26. The molecule has 0 fully saturated rings. The number of nitrogens with one attached hydrogen (secondary N) is 1. The Hall–Kier alpha value is -1.96. The van der Waals surface area contributed by atoms with Crippen LogP contribution in [0.15, 0.2) is 18.5 Å². The summed E-state index contributed by atoms with van der Waals surface area (Å²) in [6.07, 6.45) is 2.31. The Balaban J connectivity index is 2.63. The van der Waals surface area contributed by atoms with Gasteiger partial charge < -0.3 is 5.32 Å².